The zero-order chi connectivity index (χ0) is 9.47. The molecule has 0 aromatic heterocycles. The summed E-state index contributed by atoms with van der Waals surface area (Å²) in [5.74, 6) is 0. The van der Waals surface area contributed by atoms with Gasteiger partial charge in [0.2, 0.25) is 0 Å². The third-order valence-electron chi connectivity index (χ3n) is 3.07. The van der Waals surface area contributed by atoms with Gasteiger partial charge in [0, 0.05) is 12.6 Å². The van der Waals surface area contributed by atoms with Crippen LogP contribution in [0, 0.1) is 0 Å². The fourth-order valence-electron chi connectivity index (χ4n) is 2.26. The zero-order valence-electron chi connectivity index (χ0n) is 7.48. The van der Waals surface area contributed by atoms with E-state index in [0.29, 0.717) is 0 Å². The number of hydrogen-bond acceptors (Lipinski definition) is 1. The quantitative estimate of drug-likeness (QED) is 0.578. The van der Waals surface area contributed by atoms with Gasteiger partial charge in [-0.3, -0.25) is 4.90 Å². The van der Waals surface area contributed by atoms with Gasteiger partial charge in [-0.25, -0.2) is 0 Å². The Bertz CT molecular complexity index is 184. The lowest BCUT2D eigenvalue weighted by Crippen LogP contribution is -2.29. The highest BCUT2D eigenvalue weighted by atomic mass is 19.4. The molecule has 0 aromatic rings. The summed E-state index contributed by atoms with van der Waals surface area (Å²) in [6.07, 6.45) is 1.34. The van der Waals surface area contributed by atoms with E-state index in [4.69, 9.17) is 0 Å². The molecule has 0 bridgehead atoms. The summed E-state index contributed by atoms with van der Waals surface area (Å²) in [5.41, 5.74) is 0. The van der Waals surface area contributed by atoms with Crippen molar-refractivity contribution in [2.75, 3.05) is 6.54 Å². The van der Waals surface area contributed by atoms with Crippen molar-refractivity contribution < 1.29 is 13.2 Å². The molecule has 0 N–H and O–H groups in total. The number of rotatable bonds is 1. The molecule has 1 saturated carbocycles. The van der Waals surface area contributed by atoms with Crippen molar-refractivity contribution in [3.8, 4) is 0 Å². The van der Waals surface area contributed by atoms with Gasteiger partial charge in [-0.15, -0.1) is 0 Å². The Labute approximate surface area is 75.9 Å². The van der Waals surface area contributed by atoms with Crippen molar-refractivity contribution in [2.45, 2.75) is 50.4 Å². The predicted octanol–water partition coefficient (Wildman–Crippen LogP) is 2.57. The van der Waals surface area contributed by atoms with Crippen molar-refractivity contribution in [2.24, 2.45) is 0 Å². The molecular weight excluding hydrogens is 179 g/mol. The highest BCUT2D eigenvalue weighted by Gasteiger charge is 2.56. The second-order valence-corrected chi connectivity index (χ2v) is 4.05. The van der Waals surface area contributed by atoms with Crippen LogP contribution in [-0.2, 0) is 0 Å². The first-order valence-electron chi connectivity index (χ1n) is 4.91. The lowest BCUT2D eigenvalue weighted by molar-refractivity contribution is -0.138. The van der Waals surface area contributed by atoms with E-state index in [-0.39, 0.29) is 12.6 Å². The van der Waals surface area contributed by atoms with Crippen molar-refractivity contribution in [1.82, 2.24) is 4.90 Å². The third kappa shape index (κ3) is 1.98. The molecule has 1 aliphatic carbocycles. The summed E-state index contributed by atoms with van der Waals surface area (Å²) in [4.78, 5) is 1.61. The predicted molar refractivity (Wildman–Crippen MR) is 43.4 cm³/mol. The number of hydrogen-bond donors (Lipinski definition) is 0. The first-order chi connectivity index (χ1) is 6.09. The van der Waals surface area contributed by atoms with Crippen LogP contribution in [0.2, 0.25) is 0 Å². The van der Waals surface area contributed by atoms with E-state index in [2.05, 4.69) is 0 Å². The SMILES string of the molecule is FC(F)(F)C1CN1C1CCCCC1. The van der Waals surface area contributed by atoms with E-state index in [1.807, 2.05) is 0 Å². The first-order valence-corrected chi connectivity index (χ1v) is 4.91. The highest BCUT2D eigenvalue weighted by Crippen LogP contribution is 2.39. The lowest BCUT2D eigenvalue weighted by Gasteiger charge is -2.23. The number of halogens is 3. The van der Waals surface area contributed by atoms with Gasteiger partial charge in [-0.2, -0.15) is 13.2 Å². The molecule has 2 rings (SSSR count). The summed E-state index contributed by atoms with van der Waals surface area (Å²) in [5, 5.41) is 0. The normalized spacial score (nSPS) is 36.2. The Kier molecular flexibility index (Phi) is 2.26. The minimum Gasteiger partial charge on any atom is -0.286 e. The molecular formula is C9H14F3N. The molecule has 2 aliphatic rings. The molecule has 2 atom stereocenters. The fraction of sp³-hybridized carbons (Fsp3) is 1.00. The van der Waals surface area contributed by atoms with Crippen LogP contribution in [-0.4, -0.2) is 29.7 Å². The van der Waals surface area contributed by atoms with E-state index in [9.17, 15) is 13.2 Å². The molecule has 1 nitrogen and oxygen atoms in total. The van der Waals surface area contributed by atoms with E-state index < -0.39 is 12.2 Å². The van der Waals surface area contributed by atoms with Crippen LogP contribution in [0.5, 0.6) is 0 Å². The van der Waals surface area contributed by atoms with Gasteiger partial charge >= 0.3 is 6.18 Å². The minimum atomic E-state index is -3.99. The van der Waals surface area contributed by atoms with Crippen LogP contribution >= 0.6 is 0 Å². The maximum Gasteiger partial charge on any atom is 0.405 e. The van der Waals surface area contributed by atoms with Crippen LogP contribution in [0.15, 0.2) is 0 Å². The van der Waals surface area contributed by atoms with Gasteiger partial charge < -0.3 is 0 Å². The third-order valence-corrected chi connectivity index (χ3v) is 3.07. The van der Waals surface area contributed by atoms with Crippen LogP contribution in [0.3, 0.4) is 0 Å². The Morgan fingerprint density at radius 2 is 1.62 bits per heavy atom. The molecule has 2 fully saturated rings. The molecule has 0 aromatic carbocycles. The van der Waals surface area contributed by atoms with E-state index >= 15 is 0 Å². The molecule has 1 aliphatic heterocycles. The minimum absolute atomic E-state index is 0.223. The van der Waals surface area contributed by atoms with Crippen LogP contribution in [0.1, 0.15) is 32.1 Å². The van der Waals surface area contributed by atoms with Crippen LogP contribution in [0.4, 0.5) is 13.2 Å². The summed E-state index contributed by atoms with van der Waals surface area (Å²) >= 11 is 0. The Morgan fingerprint density at radius 1 is 1.00 bits per heavy atom. The van der Waals surface area contributed by atoms with Crippen molar-refractivity contribution in [1.29, 1.82) is 0 Å². The molecule has 1 saturated heterocycles. The monoisotopic (exact) mass is 193 g/mol. The van der Waals surface area contributed by atoms with Gasteiger partial charge in [-0.05, 0) is 12.8 Å². The number of alkyl halides is 3. The Morgan fingerprint density at radius 3 is 2.08 bits per heavy atom. The van der Waals surface area contributed by atoms with Crippen molar-refractivity contribution in [3.05, 3.63) is 0 Å². The smallest absolute Gasteiger partial charge is 0.286 e. The average Bonchev–Trinajstić information content (AvgIpc) is 2.83. The van der Waals surface area contributed by atoms with E-state index in [0.717, 1.165) is 25.7 Å². The van der Waals surface area contributed by atoms with Gasteiger partial charge in [0.15, 0.2) is 0 Å². The molecule has 76 valence electrons. The molecule has 0 amide bonds. The van der Waals surface area contributed by atoms with Gasteiger partial charge in [-0.1, -0.05) is 19.3 Å². The summed E-state index contributed by atoms with van der Waals surface area (Å²) in [6, 6.07) is -0.893. The van der Waals surface area contributed by atoms with E-state index in [1.54, 1.807) is 4.90 Å². The summed E-state index contributed by atoms with van der Waals surface area (Å²) in [6.45, 7) is 0.244. The van der Waals surface area contributed by atoms with Crippen LogP contribution in [0.25, 0.3) is 0 Å². The second kappa shape index (κ2) is 3.15. The summed E-state index contributed by atoms with van der Waals surface area (Å²) < 4.78 is 36.6. The molecule has 1 heterocycles. The van der Waals surface area contributed by atoms with Crippen molar-refractivity contribution in [3.63, 3.8) is 0 Å². The second-order valence-electron chi connectivity index (χ2n) is 4.05. The highest BCUT2D eigenvalue weighted by molar-refractivity contribution is 4.99. The molecule has 0 spiro atoms. The van der Waals surface area contributed by atoms with E-state index in [1.165, 1.54) is 6.42 Å². The molecule has 0 radical (unpaired) electrons. The maximum atomic E-state index is 12.2. The standard InChI is InChI=1S/C9H14F3N/c10-9(11,12)8-6-13(8)7-4-2-1-3-5-7/h7-8H,1-6H2. The van der Waals surface area contributed by atoms with Gasteiger partial charge in [0.1, 0.15) is 6.04 Å². The van der Waals surface area contributed by atoms with Crippen LogP contribution < -0.4 is 0 Å². The largest absolute Gasteiger partial charge is 0.405 e. The molecule has 4 heteroatoms. The maximum absolute atomic E-state index is 12.2. The van der Waals surface area contributed by atoms with Gasteiger partial charge in [0.25, 0.3) is 0 Å². The number of nitrogens with zero attached hydrogens (tertiary/aromatic N) is 1. The first kappa shape index (κ1) is 9.31. The van der Waals surface area contributed by atoms with Gasteiger partial charge in [0.05, 0.1) is 0 Å². The van der Waals surface area contributed by atoms with Crippen molar-refractivity contribution >= 4 is 0 Å². The average molecular weight is 193 g/mol. The molecule has 2 unspecified atom stereocenters. The summed E-state index contributed by atoms with van der Waals surface area (Å²) in [7, 11) is 0. The molecule has 13 heavy (non-hydrogen) atoms. The fourth-order valence-corrected chi connectivity index (χ4v) is 2.26. The lowest BCUT2D eigenvalue weighted by atomic mass is 9.95. The zero-order valence-corrected chi connectivity index (χ0v) is 7.48. The Hall–Kier alpha value is -0.250. The topological polar surface area (TPSA) is 3.01 Å². The Balaban J connectivity index is 1.84.